The van der Waals surface area contributed by atoms with Gasteiger partial charge in [-0.2, -0.15) is 0 Å². The Hall–Kier alpha value is -2.11. The number of nitrogens with zero attached hydrogens (tertiary/aromatic N) is 1. The number of likely N-dealkylation sites (tertiary alicyclic amines) is 1. The van der Waals surface area contributed by atoms with E-state index in [2.05, 4.69) is 0 Å². The third kappa shape index (κ3) is 2.52. The van der Waals surface area contributed by atoms with Crippen molar-refractivity contribution in [2.24, 2.45) is 5.92 Å². The number of hydrogen-bond acceptors (Lipinski definition) is 3. The van der Waals surface area contributed by atoms with E-state index in [1.165, 1.54) is 0 Å². The molecule has 19 heavy (non-hydrogen) atoms. The van der Waals surface area contributed by atoms with Crippen LogP contribution in [0.4, 0.5) is 8.78 Å². The number of ketones is 1. The summed E-state index contributed by atoms with van der Waals surface area (Å²) in [7, 11) is 0. The molecule has 4 nitrogen and oxygen atoms in total. The first-order valence-corrected chi connectivity index (χ1v) is 5.72. The first-order valence-electron chi connectivity index (χ1n) is 5.72. The number of imide groups is 1. The van der Waals surface area contributed by atoms with Crippen LogP contribution >= 0.6 is 0 Å². The van der Waals surface area contributed by atoms with Crippen molar-refractivity contribution in [2.75, 3.05) is 6.54 Å². The summed E-state index contributed by atoms with van der Waals surface area (Å²) in [6.45, 7) is 1.08. The fourth-order valence-electron chi connectivity index (χ4n) is 1.96. The van der Waals surface area contributed by atoms with Crippen LogP contribution in [0.25, 0.3) is 0 Å². The lowest BCUT2D eigenvalue weighted by Crippen LogP contribution is -2.35. The molecule has 0 bridgehead atoms. The molecule has 1 aromatic carbocycles. The molecule has 0 N–H and O–H groups in total. The Labute approximate surface area is 108 Å². The molecule has 1 heterocycles. The summed E-state index contributed by atoms with van der Waals surface area (Å²) in [6, 6.07) is 2.54. The lowest BCUT2D eigenvalue weighted by molar-refractivity contribution is -0.138. The van der Waals surface area contributed by atoms with Gasteiger partial charge in [-0.25, -0.2) is 8.78 Å². The van der Waals surface area contributed by atoms with Crippen molar-refractivity contribution < 1.29 is 23.2 Å². The number of amides is 2. The minimum absolute atomic E-state index is 0.0536. The quantitative estimate of drug-likeness (QED) is 0.616. The molecule has 1 aromatic rings. The van der Waals surface area contributed by atoms with Crippen LogP contribution in [0.1, 0.15) is 23.7 Å². The van der Waals surface area contributed by atoms with Crippen LogP contribution in [0.15, 0.2) is 18.2 Å². The van der Waals surface area contributed by atoms with Crippen LogP contribution in [0, 0.1) is 17.6 Å². The molecular formula is C13H11F2NO3. The minimum atomic E-state index is -1.00. The number of Topliss-reactive ketones (excluding diaryl/α,β-unsaturated/α-hetero) is 1. The van der Waals surface area contributed by atoms with Gasteiger partial charge in [0.2, 0.25) is 11.8 Å². The SMILES string of the molecule is CC1CC(=O)N(CC(=O)c2ccc(F)cc2F)C1=O. The van der Waals surface area contributed by atoms with E-state index in [1.54, 1.807) is 6.92 Å². The molecular weight excluding hydrogens is 256 g/mol. The van der Waals surface area contributed by atoms with Gasteiger partial charge < -0.3 is 0 Å². The monoisotopic (exact) mass is 267 g/mol. The maximum absolute atomic E-state index is 13.4. The Balaban J connectivity index is 2.18. The third-order valence-corrected chi connectivity index (χ3v) is 3.00. The molecule has 100 valence electrons. The number of halogens is 2. The molecule has 0 aromatic heterocycles. The molecule has 0 saturated carbocycles. The summed E-state index contributed by atoms with van der Waals surface area (Å²) >= 11 is 0. The zero-order chi connectivity index (χ0) is 14.2. The van der Waals surface area contributed by atoms with E-state index < -0.39 is 41.7 Å². The van der Waals surface area contributed by atoms with Crippen LogP contribution in [0.3, 0.4) is 0 Å². The molecule has 1 saturated heterocycles. The van der Waals surface area contributed by atoms with Gasteiger partial charge in [0.1, 0.15) is 11.6 Å². The summed E-state index contributed by atoms with van der Waals surface area (Å²) < 4.78 is 26.1. The van der Waals surface area contributed by atoms with E-state index in [1.807, 2.05) is 0 Å². The fourth-order valence-corrected chi connectivity index (χ4v) is 1.96. The van der Waals surface area contributed by atoms with E-state index in [0.717, 1.165) is 17.0 Å². The Kier molecular flexibility index (Phi) is 3.42. The molecule has 6 heteroatoms. The standard InChI is InChI=1S/C13H11F2NO3/c1-7-4-12(18)16(13(7)19)6-11(17)9-3-2-8(14)5-10(9)15/h2-3,5,7H,4,6H2,1H3. The average Bonchev–Trinajstić information content (AvgIpc) is 2.56. The van der Waals surface area contributed by atoms with E-state index in [0.29, 0.717) is 6.07 Å². The number of carbonyl (C=O) groups excluding carboxylic acids is 3. The molecule has 1 unspecified atom stereocenters. The van der Waals surface area contributed by atoms with Crippen molar-refractivity contribution in [1.29, 1.82) is 0 Å². The smallest absolute Gasteiger partial charge is 0.232 e. The topological polar surface area (TPSA) is 54.5 Å². The number of hydrogen-bond donors (Lipinski definition) is 0. The van der Waals surface area contributed by atoms with Crippen LogP contribution in [0.5, 0.6) is 0 Å². The van der Waals surface area contributed by atoms with Crippen LogP contribution in [0.2, 0.25) is 0 Å². The normalized spacial score (nSPS) is 19.1. The second-order valence-electron chi connectivity index (χ2n) is 4.47. The highest BCUT2D eigenvalue weighted by Crippen LogP contribution is 2.19. The highest BCUT2D eigenvalue weighted by molar-refractivity contribution is 6.08. The van der Waals surface area contributed by atoms with Gasteiger partial charge in [0.25, 0.3) is 0 Å². The van der Waals surface area contributed by atoms with Crippen LogP contribution in [-0.4, -0.2) is 29.0 Å². The lowest BCUT2D eigenvalue weighted by Gasteiger charge is -2.13. The van der Waals surface area contributed by atoms with Gasteiger partial charge in [0.15, 0.2) is 5.78 Å². The molecule has 1 atom stereocenters. The summed E-state index contributed by atoms with van der Waals surface area (Å²) in [5, 5.41) is 0. The molecule has 2 amide bonds. The van der Waals surface area contributed by atoms with Gasteiger partial charge in [-0.05, 0) is 12.1 Å². The maximum atomic E-state index is 13.4. The zero-order valence-corrected chi connectivity index (χ0v) is 10.2. The first-order chi connectivity index (χ1) is 8.90. The van der Waals surface area contributed by atoms with Crippen molar-refractivity contribution >= 4 is 17.6 Å². The van der Waals surface area contributed by atoms with E-state index in [9.17, 15) is 23.2 Å². The van der Waals surface area contributed by atoms with Crippen molar-refractivity contribution in [3.05, 3.63) is 35.4 Å². The van der Waals surface area contributed by atoms with E-state index >= 15 is 0 Å². The molecule has 1 fully saturated rings. The van der Waals surface area contributed by atoms with E-state index in [-0.39, 0.29) is 12.0 Å². The Morgan fingerprint density at radius 1 is 1.37 bits per heavy atom. The van der Waals surface area contributed by atoms with Gasteiger partial charge in [0, 0.05) is 18.4 Å². The minimum Gasteiger partial charge on any atom is -0.292 e. The molecule has 0 spiro atoms. The van der Waals surface area contributed by atoms with Gasteiger partial charge in [0.05, 0.1) is 12.1 Å². The van der Waals surface area contributed by atoms with Crippen molar-refractivity contribution in [3.8, 4) is 0 Å². The average molecular weight is 267 g/mol. The Bertz CT molecular complexity index is 571. The fraction of sp³-hybridized carbons (Fsp3) is 0.308. The van der Waals surface area contributed by atoms with Gasteiger partial charge >= 0.3 is 0 Å². The lowest BCUT2D eigenvalue weighted by atomic mass is 10.1. The second-order valence-corrected chi connectivity index (χ2v) is 4.47. The number of benzene rings is 1. The van der Waals surface area contributed by atoms with Crippen LogP contribution < -0.4 is 0 Å². The Morgan fingerprint density at radius 2 is 2.05 bits per heavy atom. The largest absolute Gasteiger partial charge is 0.292 e. The molecule has 0 aliphatic carbocycles. The third-order valence-electron chi connectivity index (χ3n) is 3.00. The predicted octanol–water partition coefficient (Wildman–Crippen LogP) is 1.54. The Morgan fingerprint density at radius 3 is 2.58 bits per heavy atom. The summed E-state index contributed by atoms with van der Waals surface area (Å²) in [6.07, 6.45) is 0.0536. The summed E-state index contributed by atoms with van der Waals surface area (Å²) in [4.78, 5) is 35.8. The van der Waals surface area contributed by atoms with Crippen molar-refractivity contribution in [3.63, 3.8) is 0 Å². The maximum Gasteiger partial charge on any atom is 0.232 e. The highest BCUT2D eigenvalue weighted by Gasteiger charge is 2.36. The summed E-state index contributed by atoms with van der Waals surface area (Å²) in [5.74, 6) is -3.88. The van der Waals surface area contributed by atoms with Gasteiger partial charge in [-0.1, -0.05) is 6.92 Å². The van der Waals surface area contributed by atoms with Crippen molar-refractivity contribution in [1.82, 2.24) is 4.90 Å². The number of carbonyl (C=O) groups is 3. The molecule has 0 radical (unpaired) electrons. The zero-order valence-electron chi connectivity index (χ0n) is 10.2. The molecule has 1 aliphatic rings. The molecule has 1 aliphatic heterocycles. The first kappa shape index (κ1) is 13.3. The van der Waals surface area contributed by atoms with Crippen LogP contribution in [-0.2, 0) is 9.59 Å². The van der Waals surface area contributed by atoms with E-state index in [4.69, 9.17) is 0 Å². The van der Waals surface area contributed by atoms with Crippen molar-refractivity contribution in [2.45, 2.75) is 13.3 Å². The molecule has 2 rings (SSSR count). The highest BCUT2D eigenvalue weighted by atomic mass is 19.1. The van der Waals surface area contributed by atoms with Gasteiger partial charge in [-0.3, -0.25) is 19.3 Å². The number of rotatable bonds is 3. The summed E-state index contributed by atoms with van der Waals surface area (Å²) in [5.41, 5.74) is -0.332. The van der Waals surface area contributed by atoms with Gasteiger partial charge in [-0.15, -0.1) is 0 Å². The predicted molar refractivity (Wildman–Crippen MR) is 61.2 cm³/mol. The second kappa shape index (κ2) is 4.87.